The molecule has 4 nitrogen and oxygen atoms in total. The van der Waals surface area contributed by atoms with Gasteiger partial charge in [-0.15, -0.1) is 0 Å². The van der Waals surface area contributed by atoms with Crippen LogP contribution in [-0.4, -0.2) is 8.42 Å². The average Bonchev–Trinajstić information content (AvgIpc) is 2.78. The maximum Gasteiger partial charge on any atom is 0.241 e. The highest BCUT2D eigenvalue weighted by atomic mass is 32.2. The van der Waals surface area contributed by atoms with E-state index in [2.05, 4.69) is 4.72 Å². The van der Waals surface area contributed by atoms with Gasteiger partial charge in [0.1, 0.15) is 0 Å². The first kappa shape index (κ1) is 19.3. The number of nitrogens with one attached hydrogen (secondary N) is 1. The lowest BCUT2D eigenvalue weighted by molar-refractivity contribution is 0.504. The predicted octanol–water partition coefficient (Wildman–Crippen LogP) is 4.56. The molecular formula is C24H22N2O2S. The largest absolute Gasteiger partial charge is 0.322 e. The van der Waals surface area contributed by atoms with Gasteiger partial charge in [-0.05, 0) is 34.0 Å². The Labute approximate surface area is 171 Å². The minimum Gasteiger partial charge on any atom is -0.322 e. The van der Waals surface area contributed by atoms with Crippen molar-refractivity contribution < 1.29 is 8.42 Å². The zero-order valence-corrected chi connectivity index (χ0v) is 16.6. The van der Waals surface area contributed by atoms with Crippen molar-refractivity contribution in [3.63, 3.8) is 0 Å². The molecule has 3 N–H and O–H groups in total. The summed E-state index contributed by atoms with van der Waals surface area (Å²) in [7, 11) is -3.78. The number of hydrogen-bond donors (Lipinski definition) is 2. The molecule has 0 aliphatic rings. The summed E-state index contributed by atoms with van der Waals surface area (Å²) in [5.74, 6) is 0. The Morgan fingerprint density at radius 1 is 0.655 bits per heavy atom. The molecule has 0 fully saturated rings. The molecule has 29 heavy (non-hydrogen) atoms. The Morgan fingerprint density at radius 3 is 1.86 bits per heavy atom. The molecule has 4 aromatic rings. The summed E-state index contributed by atoms with van der Waals surface area (Å²) in [6.07, 6.45) is 0. The lowest BCUT2D eigenvalue weighted by Crippen LogP contribution is -2.36. The number of hydrogen-bond acceptors (Lipinski definition) is 3. The molecule has 1 unspecified atom stereocenters. The van der Waals surface area contributed by atoms with Crippen LogP contribution in [0.4, 0.5) is 0 Å². The second-order valence-electron chi connectivity index (χ2n) is 6.96. The van der Waals surface area contributed by atoms with Crippen LogP contribution in [0.15, 0.2) is 108 Å². The lowest BCUT2D eigenvalue weighted by Gasteiger charge is -2.26. The molecule has 0 saturated carbocycles. The van der Waals surface area contributed by atoms with Gasteiger partial charge in [-0.1, -0.05) is 91.0 Å². The number of rotatable bonds is 6. The SMILES string of the molecule is NC(c1ccccc1)[C@@H](NS(=O)(=O)c1ccc2ccccc2c1)c1ccccc1. The Kier molecular flexibility index (Phi) is 5.45. The molecule has 0 aromatic heterocycles. The Morgan fingerprint density at radius 2 is 1.21 bits per heavy atom. The van der Waals surface area contributed by atoms with E-state index < -0.39 is 22.1 Å². The Balaban J connectivity index is 1.72. The summed E-state index contributed by atoms with van der Waals surface area (Å²) in [5.41, 5.74) is 8.20. The van der Waals surface area contributed by atoms with Gasteiger partial charge in [0.25, 0.3) is 0 Å². The van der Waals surface area contributed by atoms with Gasteiger partial charge < -0.3 is 5.73 Å². The minimum absolute atomic E-state index is 0.220. The molecule has 0 heterocycles. The second-order valence-corrected chi connectivity index (χ2v) is 8.67. The van der Waals surface area contributed by atoms with E-state index in [0.717, 1.165) is 21.9 Å². The highest BCUT2D eigenvalue weighted by Crippen LogP contribution is 2.29. The van der Waals surface area contributed by atoms with E-state index in [1.165, 1.54) is 0 Å². The van der Waals surface area contributed by atoms with Crippen LogP contribution in [0.3, 0.4) is 0 Å². The van der Waals surface area contributed by atoms with E-state index in [0.29, 0.717) is 0 Å². The van der Waals surface area contributed by atoms with Crippen LogP contribution >= 0.6 is 0 Å². The van der Waals surface area contributed by atoms with Gasteiger partial charge in [-0.25, -0.2) is 13.1 Å². The van der Waals surface area contributed by atoms with Crippen LogP contribution < -0.4 is 10.5 Å². The van der Waals surface area contributed by atoms with Gasteiger partial charge in [0.2, 0.25) is 10.0 Å². The number of nitrogens with two attached hydrogens (primary N) is 1. The Bertz CT molecular complexity index is 1210. The third-order valence-electron chi connectivity index (χ3n) is 5.02. The first-order valence-corrected chi connectivity index (χ1v) is 10.9. The van der Waals surface area contributed by atoms with Crippen LogP contribution in [0.25, 0.3) is 10.8 Å². The maximum atomic E-state index is 13.2. The highest BCUT2D eigenvalue weighted by Gasteiger charge is 2.27. The normalized spacial score (nSPS) is 13.8. The van der Waals surface area contributed by atoms with E-state index in [4.69, 9.17) is 5.73 Å². The van der Waals surface area contributed by atoms with Gasteiger partial charge in [-0.2, -0.15) is 0 Å². The van der Waals surface area contributed by atoms with Gasteiger partial charge in [0.15, 0.2) is 0 Å². The molecule has 2 atom stereocenters. The molecule has 0 bridgehead atoms. The highest BCUT2D eigenvalue weighted by molar-refractivity contribution is 7.89. The Hall–Kier alpha value is -2.99. The van der Waals surface area contributed by atoms with Crippen molar-refractivity contribution in [2.45, 2.75) is 17.0 Å². The maximum absolute atomic E-state index is 13.2. The molecule has 0 aliphatic heterocycles. The van der Waals surface area contributed by atoms with Crippen molar-refractivity contribution in [3.05, 3.63) is 114 Å². The predicted molar refractivity (Wildman–Crippen MR) is 117 cm³/mol. The lowest BCUT2D eigenvalue weighted by atomic mass is 9.95. The molecule has 5 heteroatoms. The molecule has 0 radical (unpaired) electrons. The van der Waals surface area contributed by atoms with Gasteiger partial charge in [0, 0.05) is 0 Å². The molecule has 146 valence electrons. The van der Waals surface area contributed by atoms with Crippen LogP contribution in [0, 0.1) is 0 Å². The van der Waals surface area contributed by atoms with Crippen molar-refractivity contribution in [2.75, 3.05) is 0 Å². The number of fused-ring (bicyclic) bond motifs is 1. The van der Waals surface area contributed by atoms with Gasteiger partial charge >= 0.3 is 0 Å². The summed E-state index contributed by atoms with van der Waals surface area (Å²) >= 11 is 0. The van der Waals surface area contributed by atoms with Crippen molar-refractivity contribution >= 4 is 20.8 Å². The van der Waals surface area contributed by atoms with Crippen LogP contribution in [0.5, 0.6) is 0 Å². The molecule has 4 rings (SSSR count). The van der Waals surface area contributed by atoms with Crippen LogP contribution in [0.2, 0.25) is 0 Å². The number of benzene rings is 4. The molecule has 0 spiro atoms. The molecule has 0 amide bonds. The fourth-order valence-corrected chi connectivity index (χ4v) is 4.73. The number of sulfonamides is 1. The standard InChI is InChI=1S/C24H22N2O2S/c25-23(19-10-3-1-4-11-19)24(20-12-5-2-6-13-20)26-29(27,28)22-16-15-18-9-7-8-14-21(18)17-22/h1-17,23-24,26H,25H2/t23?,24-/m0/s1. The fraction of sp³-hybridized carbons (Fsp3) is 0.0833. The third-order valence-corrected chi connectivity index (χ3v) is 6.45. The summed E-state index contributed by atoms with van der Waals surface area (Å²) in [6, 6.07) is 30.6. The van der Waals surface area contributed by atoms with Crippen LogP contribution in [0.1, 0.15) is 23.2 Å². The van der Waals surface area contributed by atoms with Crippen molar-refractivity contribution in [1.29, 1.82) is 0 Å². The summed E-state index contributed by atoms with van der Waals surface area (Å²) in [5, 5.41) is 1.87. The van der Waals surface area contributed by atoms with E-state index in [9.17, 15) is 8.42 Å². The van der Waals surface area contributed by atoms with Gasteiger partial charge in [0.05, 0.1) is 17.0 Å². The molecular weight excluding hydrogens is 380 g/mol. The van der Waals surface area contributed by atoms with Crippen molar-refractivity contribution in [2.24, 2.45) is 5.73 Å². The van der Waals surface area contributed by atoms with E-state index in [1.807, 2.05) is 91.0 Å². The fourth-order valence-electron chi connectivity index (χ4n) is 3.45. The van der Waals surface area contributed by atoms with Crippen molar-refractivity contribution in [1.82, 2.24) is 4.72 Å². The average molecular weight is 403 g/mol. The monoisotopic (exact) mass is 402 g/mol. The van der Waals surface area contributed by atoms with E-state index in [-0.39, 0.29) is 4.90 Å². The summed E-state index contributed by atoms with van der Waals surface area (Å²) in [6.45, 7) is 0. The molecule has 4 aromatic carbocycles. The van der Waals surface area contributed by atoms with Gasteiger partial charge in [-0.3, -0.25) is 0 Å². The first-order valence-electron chi connectivity index (χ1n) is 9.41. The summed E-state index contributed by atoms with van der Waals surface area (Å²) < 4.78 is 29.3. The zero-order valence-electron chi connectivity index (χ0n) is 15.8. The smallest absolute Gasteiger partial charge is 0.241 e. The zero-order chi connectivity index (χ0) is 20.3. The second kappa shape index (κ2) is 8.17. The topological polar surface area (TPSA) is 72.2 Å². The van der Waals surface area contributed by atoms with Crippen molar-refractivity contribution in [3.8, 4) is 0 Å². The quantitative estimate of drug-likeness (QED) is 0.497. The molecule has 0 saturated heterocycles. The third kappa shape index (κ3) is 4.22. The first-order chi connectivity index (χ1) is 14.0. The minimum atomic E-state index is -3.78. The van der Waals surface area contributed by atoms with E-state index >= 15 is 0 Å². The summed E-state index contributed by atoms with van der Waals surface area (Å²) in [4.78, 5) is 0.220. The van der Waals surface area contributed by atoms with Crippen LogP contribution in [-0.2, 0) is 10.0 Å². The van der Waals surface area contributed by atoms with E-state index in [1.54, 1.807) is 12.1 Å². The molecule has 0 aliphatic carbocycles.